The summed E-state index contributed by atoms with van der Waals surface area (Å²) >= 11 is 7.76. The predicted octanol–water partition coefficient (Wildman–Crippen LogP) is 5.02. The summed E-state index contributed by atoms with van der Waals surface area (Å²) < 4.78 is 9.38. The molecule has 0 amide bonds. The SMILES string of the molecule is CC(C)OCCCn1c(SCCCCCn2cccn2)nc2cc(Cl)ccc2c1=O. The number of aryl methyl sites for hydroxylation is 1. The van der Waals surface area contributed by atoms with Crippen molar-refractivity contribution in [2.24, 2.45) is 0 Å². The van der Waals surface area contributed by atoms with Crippen LogP contribution < -0.4 is 5.56 Å². The predicted molar refractivity (Wildman–Crippen MR) is 124 cm³/mol. The molecule has 0 aliphatic carbocycles. The average Bonchev–Trinajstić information content (AvgIpc) is 3.22. The van der Waals surface area contributed by atoms with Gasteiger partial charge in [-0.15, -0.1) is 0 Å². The molecule has 3 aromatic rings. The number of nitrogens with zero attached hydrogens (tertiary/aromatic N) is 4. The number of rotatable bonds is 12. The van der Waals surface area contributed by atoms with E-state index in [9.17, 15) is 4.79 Å². The Kier molecular flexibility index (Phi) is 8.78. The van der Waals surface area contributed by atoms with Crippen LogP contribution in [0.4, 0.5) is 0 Å². The zero-order valence-corrected chi connectivity index (χ0v) is 19.2. The van der Waals surface area contributed by atoms with Crippen molar-refractivity contribution in [1.29, 1.82) is 0 Å². The van der Waals surface area contributed by atoms with Crippen molar-refractivity contribution in [2.45, 2.75) is 63.9 Å². The highest BCUT2D eigenvalue weighted by atomic mass is 35.5. The number of unbranched alkanes of at least 4 members (excludes halogenated alkanes) is 2. The van der Waals surface area contributed by atoms with E-state index in [0.29, 0.717) is 29.1 Å². The first kappa shape index (κ1) is 22.8. The Balaban J connectivity index is 1.63. The molecule has 0 atom stereocenters. The minimum absolute atomic E-state index is 0.0117. The molecule has 8 heteroatoms. The molecule has 0 unspecified atom stereocenters. The summed E-state index contributed by atoms with van der Waals surface area (Å²) in [6, 6.07) is 7.21. The number of benzene rings is 1. The van der Waals surface area contributed by atoms with E-state index < -0.39 is 0 Å². The van der Waals surface area contributed by atoms with Crippen molar-refractivity contribution in [3.8, 4) is 0 Å². The van der Waals surface area contributed by atoms with Gasteiger partial charge in [-0.05, 0) is 57.4 Å². The maximum Gasteiger partial charge on any atom is 0.262 e. The van der Waals surface area contributed by atoms with Crippen LogP contribution in [0.25, 0.3) is 10.9 Å². The smallest absolute Gasteiger partial charge is 0.262 e. The van der Waals surface area contributed by atoms with E-state index in [4.69, 9.17) is 21.3 Å². The molecule has 30 heavy (non-hydrogen) atoms. The summed E-state index contributed by atoms with van der Waals surface area (Å²) in [6.07, 6.45) is 8.01. The van der Waals surface area contributed by atoms with Gasteiger partial charge in [-0.2, -0.15) is 5.10 Å². The van der Waals surface area contributed by atoms with Gasteiger partial charge in [0.2, 0.25) is 0 Å². The molecule has 2 heterocycles. The number of thioether (sulfide) groups is 1. The van der Waals surface area contributed by atoms with E-state index >= 15 is 0 Å². The van der Waals surface area contributed by atoms with Crippen molar-refractivity contribution >= 4 is 34.3 Å². The number of fused-ring (bicyclic) bond motifs is 1. The third-order valence-corrected chi connectivity index (χ3v) is 5.98. The van der Waals surface area contributed by atoms with E-state index in [1.54, 1.807) is 40.7 Å². The second-order valence-corrected chi connectivity index (χ2v) is 8.96. The standard InChI is InChI=1S/C22H29ClN4O2S/c1-17(2)29-14-7-13-27-21(28)19-9-8-18(23)16-20(19)25-22(27)30-15-5-3-4-11-26-12-6-10-24-26/h6,8-10,12,16-17H,3-5,7,11,13-15H2,1-2H3. The van der Waals surface area contributed by atoms with E-state index in [-0.39, 0.29) is 11.7 Å². The Hall–Kier alpha value is -1.83. The monoisotopic (exact) mass is 448 g/mol. The highest BCUT2D eigenvalue weighted by molar-refractivity contribution is 7.99. The van der Waals surface area contributed by atoms with Gasteiger partial charge in [-0.1, -0.05) is 29.8 Å². The maximum atomic E-state index is 13.1. The molecule has 0 aliphatic heterocycles. The molecule has 0 N–H and O–H groups in total. The van der Waals surface area contributed by atoms with Crippen LogP contribution in [0.1, 0.15) is 39.5 Å². The van der Waals surface area contributed by atoms with Crippen molar-refractivity contribution in [2.75, 3.05) is 12.4 Å². The van der Waals surface area contributed by atoms with Crippen LogP contribution in [-0.2, 0) is 17.8 Å². The molecule has 0 aliphatic rings. The molecule has 0 bridgehead atoms. The first-order valence-corrected chi connectivity index (χ1v) is 11.8. The van der Waals surface area contributed by atoms with Crippen LogP contribution in [0.15, 0.2) is 46.6 Å². The van der Waals surface area contributed by atoms with Crippen LogP contribution >= 0.6 is 23.4 Å². The molecule has 3 rings (SSSR count). The highest BCUT2D eigenvalue weighted by Crippen LogP contribution is 2.22. The Morgan fingerprint density at radius 2 is 2.03 bits per heavy atom. The second kappa shape index (κ2) is 11.5. The lowest BCUT2D eigenvalue weighted by Gasteiger charge is -2.14. The minimum Gasteiger partial charge on any atom is -0.379 e. The van der Waals surface area contributed by atoms with Gasteiger partial charge in [0.15, 0.2) is 5.16 Å². The normalized spacial score (nSPS) is 11.6. The first-order valence-electron chi connectivity index (χ1n) is 10.5. The van der Waals surface area contributed by atoms with Gasteiger partial charge in [0, 0.05) is 42.9 Å². The summed E-state index contributed by atoms with van der Waals surface area (Å²) in [5.74, 6) is 0.917. The molecule has 1 aromatic carbocycles. The van der Waals surface area contributed by atoms with Gasteiger partial charge in [0.05, 0.1) is 17.0 Å². The number of hydrogen-bond donors (Lipinski definition) is 0. The Morgan fingerprint density at radius 1 is 1.17 bits per heavy atom. The molecular weight excluding hydrogens is 420 g/mol. The largest absolute Gasteiger partial charge is 0.379 e. The fourth-order valence-electron chi connectivity index (χ4n) is 3.17. The summed E-state index contributed by atoms with van der Waals surface area (Å²) in [6.45, 7) is 6.19. The topological polar surface area (TPSA) is 61.9 Å². The third-order valence-electron chi connectivity index (χ3n) is 4.68. The van der Waals surface area contributed by atoms with Crippen molar-refractivity contribution in [1.82, 2.24) is 19.3 Å². The molecule has 0 saturated heterocycles. The lowest BCUT2D eigenvalue weighted by molar-refractivity contribution is 0.0743. The average molecular weight is 449 g/mol. The molecule has 0 spiro atoms. The van der Waals surface area contributed by atoms with Crippen LogP contribution in [0, 0.1) is 0 Å². The summed E-state index contributed by atoms with van der Waals surface area (Å²) in [4.78, 5) is 17.8. The van der Waals surface area contributed by atoms with Gasteiger partial charge < -0.3 is 4.74 Å². The fourth-order valence-corrected chi connectivity index (χ4v) is 4.36. The summed E-state index contributed by atoms with van der Waals surface area (Å²) in [7, 11) is 0. The van der Waals surface area contributed by atoms with Crippen LogP contribution in [0.2, 0.25) is 5.02 Å². The van der Waals surface area contributed by atoms with Gasteiger partial charge >= 0.3 is 0 Å². The number of aromatic nitrogens is 4. The summed E-state index contributed by atoms with van der Waals surface area (Å²) in [5, 5.41) is 6.18. The van der Waals surface area contributed by atoms with E-state index in [1.807, 2.05) is 30.8 Å². The van der Waals surface area contributed by atoms with E-state index in [2.05, 4.69) is 5.10 Å². The van der Waals surface area contributed by atoms with E-state index in [0.717, 1.165) is 43.1 Å². The van der Waals surface area contributed by atoms with Gasteiger partial charge in [-0.3, -0.25) is 14.0 Å². The molecular formula is C22H29ClN4O2S. The van der Waals surface area contributed by atoms with Gasteiger partial charge in [0.25, 0.3) is 5.56 Å². The Bertz CT molecular complexity index is 989. The molecule has 2 aromatic heterocycles. The number of ether oxygens (including phenoxy) is 1. The van der Waals surface area contributed by atoms with Crippen molar-refractivity contribution < 1.29 is 4.74 Å². The molecule has 6 nitrogen and oxygen atoms in total. The third kappa shape index (κ3) is 6.59. The summed E-state index contributed by atoms with van der Waals surface area (Å²) in [5.41, 5.74) is 0.644. The van der Waals surface area contributed by atoms with E-state index in [1.165, 1.54) is 0 Å². The quantitative estimate of drug-likeness (QED) is 0.221. The van der Waals surface area contributed by atoms with Crippen molar-refractivity contribution in [3.05, 3.63) is 52.0 Å². The zero-order valence-electron chi connectivity index (χ0n) is 17.6. The van der Waals surface area contributed by atoms with Crippen molar-refractivity contribution in [3.63, 3.8) is 0 Å². The van der Waals surface area contributed by atoms with Gasteiger partial charge in [-0.25, -0.2) is 4.98 Å². The molecule has 0 fully saturated rings. The first-order chi connectivity index (χ1) is 14.5. The zero-order chi connectivity index (χ0) is 21.3. The number of hydrogen-bond acceptors (Lipinski definition) is 5. The fraction of sp³-hybridized carbons (Fsp3) is 0.500. The number of halogens is 1. The Labute approximate surface area is 186 Å². The van der Waals surface area contributed by atoms with Gasteiger partial charge in [0.1, 0.15) is 0 Å². The minimum atomic E-state index is -0.0117. The molecule has 162 valence electrons. The lowest BCUT2D eigenvalue weighted by Crippen LogP contribution is -2.24. The Morgan fingerprint density at radius 3 is 2.80 bits per heavy atom. The maximum absolute atomic E-state index is 13.1. The molecule has 0 saturated carbocycles. The second-order valence-electron chi connectivity index (χ2n) is 7.46. The molecule has 0 radical (unpaired) electrons. The van der Waals surface area contributed by atoms with Crippen LogP contribution in [-0.4, -0.2) is 37.8 Å². The van der Waals surface area contributed by atoms with Crippen LogP contribution in [0.5, 0.6) is 0 Å². The lowest BCUT2D eigenvalue weighted by atomic mass is 10.2. The highest BCUT2D eigenvalue weighted by Gasteiger charge is 2.12. The van der Waals surface area contributed by atoms with Crippen LogP contribution in [0.3, 0.4) is 0 Å².